The van der Waals surface area contributed by atoms with Gasteiger partial charge in [0.15, 0.2) is 0 Å². The molecular formula is C11H24O3S. The van der Waals surface area contributed by atoms with Gasteiger partial charge in [-0.25, -0.2) is 0 Å². The Balaban J connectivity index is 0. The molecule has 2 unspecified atom stereocenters. The third-order valence-corrected chi connectivity index (χ3v) is 2.07. The van der Waals surface area contributed by atoms with Crippen LogP contribution in [-0.2, 0) is 14.3 Å². The Hall–Kier alpha value is -0.220. The van der Waals surface area contributed by atoms with Gasteiger partial charge in [0.1, 0.15) is 0 Å². The molecule has 0 aliphatic rings. The predicted octanol–water partition coefficient (Wildman–Crippen LogP) is 2.51. The second kappa shape index (κ2) is 11.9. The number of hydrogen-bond donors (Lipinski definition) is 0. The van der Waals surface area contributed by atoms with Crippen molar-refractivity contribution in [2.75, 3.05) is 20.3 Å². The minimum absolute atomic E-state index is 0. The Labute approximate surface area is 103 Å². The van der Waals surface area contributed by atoms with E-state index in [2.05, 4.69) is 6.92 Å². The molecule has 15 heavy (non-hydrogen) atoms. The van der Waals surface area contributed by atoms with E-state index in [1.54, 1.807) is 0 Å². The predicted molar refractivity (Wildman–Crippen MR) is 66.5 cm³/mol. The van der Waals surface area contributed by atoms with Crippen LogP contribution in [0.15, 0.2) is 0 Å². The Kier molecular flexibility index (Phi) is 10.2. The van der Waals surface area contributed by atoms with Crippen LogP contribution in [0.1, 0.15) is 42.3 Å². The van der Waals surface area contributed by atoms with Gasteiger partial charge in [-0.05, 0) is 6.42 Å². The van der Waals surface area contributed by atoms with Crippen LogP contribution in [0.25, 0.3) is 0 Å². The Morgan fingerprint density at radius 2 is 2.27 bits per heavy atom. The molecule has 0 rings (SSSR count). The number of carbonyl (C=O) groups excluding carboxylic acids is 1. The lowest BCUT2D eigenvalue weighted by molar-refractivity contribution is -0.142. The first-order valence-corrected chi connectivity index (χ1v) is 5.15. The van der Waals surface area contributed by atoms with Gasteiger partial charge in [-0.15, -0.1) is 0 Å². The van der Waals surface area contributed by atoms with Crippen LogP contribution in [0.2, 0.25) is 0 Å². The summed E-state index contributed by atoms with van der Waals surface area (Å²) >= 11 is 0. The Bertz CT molecular complexity index is 192. The SMILES string of the molecule is S.[2H]C([3H])OCC(CCCCC)COC(C)=O. The topological polar surface area (TPSA) is 35.5 Å². The van der Waals surface area contributed by atoms with Crippen molar-refractivity contribution in [3.63, 3.8) is 0 Å². The first-order valence-electron chi connectivity index (χ1n) is 6.31. The average molecular weight is 239 g/mol. The van der Waals surface area contributed by atoms with Crippen LogP contribution < -0.4 is 0 Å². The molecule has 0 aliphatic heterocycles. The molecule has 0 bridgehead atoms. The lowest BCUT2D eigenvalue weighted by atomic mass is 10.0. The summed E-state index contributed by atoms with van der Waals surface area (Å²) in [6, 6.07) is 0. The van der Waals surface area contributed by atoms with Crippen LogP contribution in [0, 0.1) is 5.92 Å². The number of rotatable bonds is 8. The van der Waals surface area contributed by atoms with Gasteiger partial charge in [0.25, 0.3) is 0 Å². The van der Waals surface area contributed by atoms with Gasteiger partial charge in [-0.2, -0.15) is 13.5 Å². The molecule has 0 aromatic rings. The fourth-order valence-electron chi connectivity index (χ4n) is 1.27. The third kappa shape index (κ3) is 11.7. The van der Waals surface area contributed by atoms with E-state index in [-0.39, 0.29) is 25.4 Å². The molecule has 3 nitrogen and oxygen atoms in total. The normalized spacial score (nSPS) is 15.6. The van der Waals surface area contributed by atoms with E-state index in [1.165, 1.54) is 6.92 Å². The summed E-state index contributed by atoms with van der Waals surface area (Å²) in [6.07, 6.45) is 4.25. The van der Waals surface area contributed by atoms with E-state index in [0.29, 0.717) is 13.2 Å². The molecule has 0 amide bonds. The molecule has 0 aromatic carbocycles. The fourth-order valence-corrected chi connectivity index (χ4v) is 1.27. The van der Waals surface area contributed by atoms with Gasteiger partial charge >= 0.3 is 5.97 Å². The van der Waals surface area contributed by atoms with Crippen LogP contribution in [0.4, 0.5) is 0 Å². The van der Waals surface area contributed by atoms with E-state index >= 15 is 0 Å². The molecule has 0 aromatic heterocycles. The number of unbranched alkanes of at least 4 members (excludes halogenated alkanes) is 2. The molecule has 0 N–H and O–H groups in total. The quantitative estimate of drug-likeness (QED) is 0.482. The Morgan fingerprint density at radius 3 is 2.80 bits per heavy atom. The summed E-state index contributed by atoms with van der Waals surface area (Å²) in [5, 5.41) is 0. The molecule has 0 fully saturated rings. The minimum Gasteiger partial charge on any atom is -0.465 e. The van der Waals surface area contributed by atoms with Crippen molar-refractivity contribution in [1.82, 2.24) is 0 Å². The van der Waals surface area contributed by atoms with Gasteiger partial charge in [0.05, 0.1) is 16.0 Å². The van der Waals surface area contributed by atoms with E-state index in [4.69, 9.17) is 12.2 Å². The first kappa shape index (κ1) is 12.8. The van der Waals surface area contributed by atoms with Crippen molar-refractivity contribution < 1.29 is 17.0 Å². The number of hydrogen-bond acceptors (Lipinski definition) is 3. The smallest absolute Gasteiger partial charge is 0.302 e. The molecule has 0 heterocycles. The fraction of sp³-hybridized carbons (Fsp3) is 0.909. The van der Waals surface area contributed by atoms with Crippen LogP contribution in [0.3, 0.4) is 0 Å². The van der Waals surface area contributed by atoms with Gasteiger partial charge < -0.3 is 9.47 Å². The van der Waals surface area contributed by atoms with Gasteiger partial charge in [-0.3, -0.25) is 4.79 Å². The first-order chi connectivity index (χ1) is 7.56. The lowest BCUT2D eigenvalue weighted by Gasteiger charge is -2.15. The second-order valence-electron chi connectivity index (χ2n) is 3.50. The third-order valence-electron chi connectivity index (χ3n) is 2.07. The molecule has 0 saturated heterocycles. The van der Waals surface area contributed by atoms with Gasteiger partial charge in [-0.1, -0.05) is 26.2 Å². The summed E-state index contributed by atoms with van der Waals surface area (Å²) in [6.45, 7) is 4.14. The number of methoxy groups -OCH3 is 1. The van der Waals surface area contributed by atoms with E-state index in [1.807, 2.05) is 0 Å². The van der Waals surface area contributed by atoms with Crippen LogP contribution in [0.5, 0.6) is 0 Å². The van der Waals surface area contributed by atoms with Gasteiger partial charge in [0.2, 0.25) is 0 Å². The monoisotopic (exact) mass is 239 g/mol. The Morgan fingerprint density at radius 1 is 1.53 bits per heavy atom. The van der Waals surface area contributed by atoms with Crippen LogP contribution in [-0.4, -0.2) is 26.2 Å². The van der Waals surface area contributed by atoms with Crippen molar-refractivity contribution in [1.29, 1.82) is 0 Å². The molecule has 92 valence electrons. The van der Waals surface area contributed by atoms with Gasteiger partial charge in [0, 0.05) is 19.9 Å². The highest BCUT2D eigenvalue weighted by Gasteiger charge is 2.09. The maximum absolute atomic E-state index is 10.7. The zero-order valence-corrected chi connectivity index (χ0v) is 10.6. The summed E-state index contributed by atoms with van der Waals surface area (Å²) < 4.78 is 23.7. The molecule has 2 atom stereocenters. The summed E-state index contributed by atoms with van der Waals surface area (Å²) in [4.78, 5) is 10.7. The highest BCUT2D eigenvalue weighted by Crippen LogP contribution is 2.11. The standard InChI is InChI=1S/C11H22O3.H2S/c1-4-5-6-7-11(8-13-3)9-14-10(2)12;/h11H,4-9H2,1-3H3;1H2/i3TD;. The zero-order chi connectivity index (χ0) is 12.4. The molecule has 0 aliphatic carbocycles. The van der Waals surface area contributed by atoms with Crippen molar-refractivity contribution >= 4 is 19.5 Å². The van der Waals surface area contributed by atoms with Crippen LogP contribution >= 0.6 is 13.5 Å². The maximum atomic E-state index is 10.7. The zero-order valence-electron chi connectivity index (χ0n) is 11.6. The highest BCUT2D eigenvalue weighted by molar-refractivity contribution is 7.59. The second-order valence-corrected chi connectivity index (χ2v) is 3.50. The molecule has 0 radical (unpaired) electrons. The van der Waals surface area contributed by atoms with E-state index < -0.39 is 7.06 Å². The largest absolute Gasteiger partial charge is 0.465 e. The molecule has 0 spiro atoms. The molecular weight excluding hydrogens is 212 g/mol. The maximum Gasteiger partial charge on any atom is 0.302 e. The van der Waals surface area contributed by atoms with E-state index in [9.17, 15) is 4.79 Å². The van der Waals surface area contributed by atoms with Crippen molar-refractivity contribution in [2.45, 2.75) is 39.5 Å². The van der Waals surface area contributed by atoms with Crippen molar-refractivity contribution in [3.8, 4) is 0 Å². The summed E-state index contributed by atoms with van der Waals surface area (Å²) in [5.74, 6) is -0.192. The molecule has 4 heteroatoms. The summed E-state index contributed by atoms with van der Waals surface area (Å²) in [5.41, 5.74) is 0. The number of carbonyl (C=O) groups is 1. The minimum atomic E-state index is -1.26. The highest BCUT2D eigenvalue weighted by atomic mass is 32.1. The van der Waals surface area contributed by atoms with Crippen molar-refractivity contribution in [2.24, 2.45) is 5.92 Å². The number of ether oxygens (including phenoxy) is 2. The summed E-state index contributed by atoms with van der Waals surface area (Å²) in [7, 11) is -1.26. The molecule has 0 saturated carbocycles. The lowest BCUT2D eigenvalue weighted by Crippen LogP contribution is -2.17. The average Bonchev–Trinajstić information content (AvgIpc) is 2.21. The van der Waals surface area contributed by atoms with E-state index in [0.717, 1.165) is 25.7 Å². The number of esters is 1. The van der Waals surface area contributed by atoms with Crippen molar-refractivity contribution in [3.05, 3.63) is 0 Å².